The van der Waals surface area contributed by atoms with Gasteiger partial charge in [-0.2, -0.15) is 4.31 Å². The Bertz CT molecular complexity index is 1180. The van der Waals surface area contributed by atoms with Gasteiger partial charge in [0, 0.05) is 38.4 Å². The van der Waals surface area contributed by atoms with E-state index in [1.165, 1.54) is 4.31 Å². The molecule has 0 amide bonds. The summed E-state index contributed by atoms with van der Waals surface area (Å²) in [5.41, 5.74) is 0. The van der Waals surface area contributed by atoms with Gasteiger partial charge in [0.05, 0.1) is 11.5 Å². The zero-order valence-corrected chi connectivity index (χ0v) is 20.3. The largest absolute Gasteiger partial charge is 0.494 e. The van der Waals surface area contributed by atoms with Crippen molar-refractivity contribution < 1.29 is 13.2 Å². The Labute approximate surface area is 200 Å². The molecule has 0 atom stereocenters. The summed E-state index contributed by atoms with van der Waals surface area (Å²) in [6.45, 7) is 6.40. The van der Waals surface area contributed by atoms with Gasteiger partial charge in [-0.3, -0.25) is 0 Å². The molecule has 1 N–H and O–H groups in total. The lowest BCUT2D eigenvalue weighted by Gasteiger charge is -2.34. The lowest BCUT2D eigenvalue weighted by Crippen LogP contribution is -2.49. The van der Waals surface area contributed by atoms with Crippen molar-refractivity contribution in [2.45, 2.75) is 31.6 Å². The number of aryl methyl sites for hydroxylation is 1. The molecule has 1 aliphatic rings. The zero-order chi connectivity index (χ0) is 24.0. The molecule has 0 spiro atoms. The van der Waals surface area contributed by atoms with E-state index in [9.17, 15) is 8.42 Å². The second-order valence-electron chi connectivity index (χ2n) is 8.06. The first-order valence-electron chi connectivity index (χ1n) is 11.5. The molecular formula is C24H30N6O3S. The predicted octanol–water partition coefficient (Wildman–Crippen LogP) is 3.61. The van der Waals surface area contributed by atoms with Crippen molar-refractivity contribution in [1.82, 2.24) is 19.3 Å². The molecule has 2 aromatic heterocycles. The van der Waals surface area contributed by atoms with E-state index in [1.54, 1.807) is 30.5 Å². The van der Waals surface area contributed by atoms with Crippen molar-refractivity contribution in [3.05, 3.63) is 60.6 Å². The highest BCUT2D eigenvalue weighted by atomic mass is 32.2. The number of hydrogen-bond donors (Lipinski definition) is 1. The molecule has 1 saturated heterocycles. The average Bonchev–Trinajstić information content (AvgIpc) is 2.85. The van der Waals surface area contributed by atoms with Crippen LogP contribution >= 0.6 is 0 Å². The van der Waals surface area contributed by atoms with Gasteiger partial charge >= 0.3 is 0 Å². The van der Waals surface area contributed by atoms with Crippen LogP contribution < -0.4 is 15.0 Å². The number of unbranched alkanes of at least 4 members (excludes halogenated alkanes) is 1. The highest BCUT2D eigenvalue weighted by Gasteiger charge is 2.29. The standard InChI is InChI=1S/C24H30N6O3S/c1-3-4-17-33-20-8-10-21(11-9-20)34(31,32)30-15-13-29(14-16-30)24-18-23(26-19(2)27-24)28-22-7-5-6-12-25-22/h5-12,18H,3-4,13-17H2,1-2H3,(H,25,26,27,28). The Kier molecular flexibility index (Phi) is 7.59. The molecule has 9 nitrogen and oxygen atoms in total. The first-order valence-corrected chi connectivity index (χ1v) is 12.9. The topological polar surface area (TPSA) is 101 Å². The highest BCUT2D eigenvalue weighted by molar-refractivity contribution is 7.89. The third-order valence-corrected chi connectivity index (χ3v) is 7.45. The number of aromatic nitrogens is 3. The van der Waals surface area contributed by atoms with Gasteiger partial charge in [-0.15, -0.1) is 0 Å². The van der Waals surface area contributed by atoms with E-state index in [4.69, 9.17) is 4.74 Å². The maximum absolute atomic E-state index is 13.1. The van der Waals surface area contributed by atoms with E-state index in [0.717, 1.165) is 18.7 Å². The second kappa shape index (κ2) is 10.8. The number of hydrogen-bond acceptors (Lipinski definition) is 8. The van der Waals surface area contributed by atoms with E-state index < -0.39 is 10.0 Å². The van der Waals surface area contributed by atoms with Gasteiger partial charge in [-0.05, 0) is 49.7 Å². The maximum Gasteiger partial charge on any atom is 0.243 e. The van der Waals surface area contributed by atoms with Crippen LogP contribution in [0, 0.1) is 6.92 Å². The van der Waals surface area contributed by atoms with Crippen molar-refractivity contribution in [3.8, 4) is 5.75 Å². The van der Waals surface area contributed by atoms with Gasteiger partial charge in [-0.25, -0.2) is 23.4 Å². The fourth-order valence-electron chi connectivity index (χ4n) is 3.69. The molecule has 34 heavy (non-hydrogen) atoms. The number of nitrogens with one attached hydrogen (secondary N) is 1. The predicted molar refractivity (Wildman–Crippen MR) is 132 cm³/mol. The molecule has 3 aromatic rings. The number of anilines is 3. The Morgan fingerprint density at radius 1 is 1.00 bits per heavy atom. The molecule has 0 saturated carbocycles. The van der Waals surface area contributed by atoms with Crippen molar-refractivity contribution >= 4 is 27.5 Å². The maximum atomic E-state index is 13.1. The number of sulfonamides is 1. The molecule has 0 unspecified atom stereocenters. The fraction of sp³-hybridized carbons (Fsp3) is 0.375. The molecule has 4 rings (SSSR count). The minimum Gasteiger partial charge on any atom is -0.494 e. The van der Waals surface area contributed by atoms with E-state index in [2.05, 4.69) is 32.1 Å². The van der Waals surface area contributed by atoms with Crippen molar-refractivity contribution in [1.29, 1.82) is 0 Å². The smallest absolute Gasteiger partial charge is 0.243 e. The third kappa shape index (κ3) is 5.81. The van der Waals surface area contributed by atoms with E-state index >= 15 is 0 Å². The van der Waals surface area contributed by atoms with Gasteiger partial charge in [0.25, 0.3) is 0 Å². The zero-order valence-electron chi connectivity index (χ0n) is 19.5. The summed E-state index contributed by atoms with van der Waals surface area (Å²) < 4.78 is 33.4. The summed E-state index contributed by atoms with van der Waals surface area (Å²) in [4.78, 5) is 15.6. The number of benzene rings is 1. The fourth-order valence-corrected chi connectivity index (χ4v) is 5.12. The molecule has 0 bridgehead atoms. The van der Waals surface area contributed by atoms with Crippen LogP contribution in [0.1, 0.15) is 25.6 Å². The van der Waals surface area contributed by atoms with Crippen molar-refractivity contribution in [2.75, 3.05) is 43.0 Å². The van der Waals surface area contributed by atoms with Gasteiger partial charge in [0.1, 0.15) is 29.0 Å². The average molecular weight is 483 g/mol. The molecule has 10 heteroatoms. The van der Waals surface area contributed by atoms with Crippen LogP contribution in [0.2, 0.25) is 0 Å². The lowest BCUT2D eigenvalue weighted by atomic mass is 10.3. The van der Waals surface area contributed by atoms with Gasteiger partial charge in [0.2, 0.25) is 10.0 Å². The van der Waals surface area contributed by atoms with Crippen LogP contribution in [0.4, 0.5) is 17.5 Å². The number of rotatable bonds is 9. The normalized spacial score (nSPS) is 14.7. The highest BCUT2D eigenvalue weighted by Crippen LogP contribution is 2.24. The molecule has 0 radical (unpaired) electrons. The Hall–Kier alpha value is -3.24. The summed E-state index contributed by atoms with van der Waals surface area (Å²) in [7, 11) is -3.57. The molecular weight excluding hydrogens is 452 g/mol. The van der Waals surface area contributed by atoms with Crippen molar-refractivity contribution in [3.63, 3.8) is 0 Å². The minimum atomic E-state index is -3.57. The summed E-state index contributed by atoms with van der Waals surface area (Å²) in [5, 5.41) is 3.19. The van der Waals surface area contributed by atoms with Crippen LogP contribution in [0.3, 0.4) is 0 Å². The molecule has 0 aliphatic carbocycles. The van der Waals surface area contributed by atoms with Crippen LogP contribution in [-0.2, 0) is 10.0 Å². The SMILES string of the molecule is CCCCOc1ccc(S(=O)(=O)N2CCN(c3cc(Nc4ccccn4)nc(C)n3)CC2)cc1. The van der Waals surface area contributed by atoms with E-state index in [1.807, 2.05) is 31.2 Å². The number of ether oxygens (including phenoxy) is 1. The second-order valence-corrected chi connectivity index (χ2v) is 10.0. The molecule has 180 valence electrons. The van der Waals surface area contributed by atoms with E-state index in [0.29, 0.717) is 56.0 Å². The number of nitrogens with zero attached hydrogens (tertiary/aromatic N) is 5. The van der Waals surface area contributed by atoms with Gasteiger partial charge in [-0.1, -0.05) is 19.4 Å². The minimum absolute atomic E-state index is 0.281. The Morgan fingerprint density at radius 3 is 2.44 bits per heavy atom. The molecule has 3 heterocycles. The monoisotopic (exact) mass is 482 g/mol. The summed E-state index contributed by atoms with van der Waals surface area (Å²) in [5.74, 6) is 3.43. The molecule has 1 aliphatic heterocycles. The van der Waals surface area contributed by atoms with Crippen LogP contribution in [-0.4, -0.2) is 60.5 Å². The quantitative estimate of drug-likeness (QED) is 0.462. The van der Waals surface area contributed by atoms with E-state index in [-0.39, 0.29) is 4.90 Å². The van der Waals surface area contributed by atoms with Crippen LogP contribution in [0.5, 0.6) is 5.75 Å². The first-order chi connectivity index (χ1) is 16.5. The molecule has 1 fully saturated rings. The van der Waals surface area contributed by atoms with Crippen molar-refractivity contribution in [2.24, 2.45) is 0 Å². The Morgan fingerprint density at radius 2 is 1.76 bits per heavy atom. The number of piperazine rings is 1. The first kappa shape index (κ1) is 23.9. The lowest BCUT2D eigenvalue weighted by molar-refractivity contribution is 0.309. The van der Waals surface area contributed by atoms with Gasteiger partial charge in [0.15, 0.2) is 0 Å². The summed E-state index contributed by atoms with van der Waals surface area (Å²) in [6.07, 6.45) is 3.73. The molecule has 1 aromatic carbocycles. The summed E-state index contributed by atoms with van der Waals surface area (Å²) in [6, 6.07) is 14.2. The third-order valence-electron chi connectivity index (χ3n) is 5.54. The van der Waals surface area contributed by atoms with Crippen LogP contribution in [0.15, 0.2) is 59.6 Å². The van der Waals surface area contributed by atoms with Crippen LogP contribution in [0.25, 0.3) is 0 Å². The summed E-state index contributed by atoms with van der Waals surface area (Å²) >= 11 is 0. The van der Waals surface area contributed by atoms with Gasteiger partial charge < -0.3 is 15.0 Å². The number of pyridine rings is 1. The Balaban J connectivity index is 1.40.